The fourth-order valence-corrected chi connectivity index (χ4v) is 1.43. The molecule has 3 nitrogen and oxygen atoms in total. The molecule has 7 heteroatoms. The molecule has 0 saturated heterocycles. The van der Waals surface area contributed by atoms with Gasteiger partial charge in [0.1, 0.15) is 0 Å². The molecular formula is C7H3BrF3N3. The highest BCUT2D eigenvalue weighted by atomic mass is 79.9. The van der Waals surface area contributed by atoms with Gasteiger partial charge in [-0.2, -0.15) is 13.2 Å². The van der Waals surface area contributed by atoms with E-state index in [2.05, 4.69) is 26.0 Å². The first-order chi connectivity index (χ1) is 6.46. The standard InChI is InChI=1S/C7H3BrF3N3/c8-6-4(7(9,10)11)2-1-3-5(6)13-14-12/h1-3H. The van der Waals surface area contributed by atoms with Crippen molar-refractivity contribution in [2.45, 2.75) is 6.18 Å². The molecule has 0 amide bonds. The van der Waals surface area contributed by atoms with Crippen LogP contribution in [0.5, 0.6) is 0 Å². The largest absolute Gasteiger partial charge is 0.417 e. The average molecular weight is 266 g/mol. The third-order valence-corrected chi connectivity index (χ3v) is 2.27. The molecule has 0 bridgehead atoms. The highest BCUT2D eigenvalue weighted by Gasteiger charge is 2.33. The van der Waals surface area contributed by atoms with E-state index in [1.165, 1.54) is 12.1 Å². The van der Waals surface area contributed by atoms with Gasteiger partial charge in [-0.1, -0.05) is 17.2 Å². The SMILES string of the molecule is [N-]=[N+]=Nc1cccc(C(F)(F)F)c1Br. The maximum atomic E-state index is 12.3. The summed E-state index contributed by atoms with van der Waals surface area (Å²) in [4.78, 5) is 2.42. The molecule has 0 aromatic heterocycles. The Balaban J connectivity index is 3.34. The Morgan fingerprint density at radius 3 is 2.50 bits per heavy atom. The van der Waals surface area contributed by atoms with E-state index in [1.807, 2.05) is 0 Å². The minimum absolute atomic E-state index is 0.0812. The van der Waals surface area contributed by atoms with Crippen LogP contribution in [0.4, 0.5) is 18.9 Å². The van der Waals surface area contributed by atoms with Crippen molar-refractivity contribution in [3.8, 4) is 0 Å². The summed E-state index contributed by atoms with van der Waals surface area (Å²) in [5, 5.41) is 3.11. The maximum Gasteiger partial charge on any atom is 0.417 e. The second-order valence-corrected chi connectivity index (χ2v) is 3.12. The van der Waals surface area contributed by atoms with E-state index in [-0.39, 0.29) is 10.2 Å². The third-order valence-electron chi connectivity index (χ3n) is 1.44. The van der Waals surface area contributed by atoms with Crippen LogP contribution in [0.25, 0.3) is 10.4 Å². The predicted octanol–water partition coefficient (Wildman–Crippen LogP) is 4.41. The van der Waals surface area contributed by atoms with Gasteiger partial charge < -0.3 is 0 Å². The maximum absolute atomic E-state index is 12.3. The van der Waals surface area contributed by atoms with Gasteiger partial charge in [-0.25, -0.2) is 0 Å². The normalized spacial score (nSPS) is 10.9. The lowest BCUT2D eigenvalue weighted by atomic mass is 10.2. The Kier molecular flexibility index (Phi) is 3.03. The first-order valence-electron chi connectivity index (χ1n) is 3.37. The summed E-state index contributed by atoms with van der Waals surface area (Å²) in [5.41, 5.74) is 7.15. The Morgan fingerprint density at radius 2 is 2.00 bits per heavy atom. The molecule has 0 spiro atoms. The van der Waals surface area contributed by atoms with Crippen LogP contribution in [0.2, 0.25) is 0 Å². The van der Waals surface area contributed by atoms with Gasteiger partial charge in [0.25, 0.3) is 0 Å². The monoisotopic (exact) mass is 265 g/mol. The van der Waals surface area contributed by atoms with Gasteiger partial charge in [0.05, 0.1) is 11.3 Å². The molecule has 1 aromatic rings. The van der Waals surface area contributed by atoms with Crippen LogP contribution in [-0.4, -0.2) is 0 Å². The van der Waals surface area contributed by atoms with Gasteiger partial charge in [-0.15, -0.1) is 0 Å². The number of alkyl halides is 3. The molecule has 0 aliphatic carbocycles. The Hall–Kier alpha value is -1.20. The summed E-state index contributed by atoms with van der Waals surface area (Å²) in [6, 6.07) is 3.37. The second-order valence-electron chi connectivity index (χ2n) is 2.33. The zero-order valence-corrected chi connectivity index (χ0v) is 8.17. The molecule has 14 heavy (non-hydrogen) atoms. The number of hydrogen-bond donors (Lipinski definition) is 0. The fourth-order valence-electron chi connectivity index (χ4n) is 0.864. The van der Waals surface area contributed by atoms with E-state index in [9.17, 15) is 13.2 Å². The quantitative estimate of drug-likeness (QED) is 0.410. The summed E-state index contributed by atoms with van der Waals surface area (Å²) in [6.45, 7) is 0. The van der Waals surface area contributed by atoms with Gasteiger partial charge in [0.15, 0.2) is 0 Å². The van der Waals surface area contributed by atoms with E-state index in [0.29, 0.717) is 0 Å². The second kappa shape index (κ2) is 3.89. The number of benzene rings is 1. The van der Waals surface area contributed by atoms with Crippen molar-refractivity contribution in [1.29, 1.82) is 0 Å². The van der Waals surface area contributed by atoms with E-state index in [0.717, 1.165) is 6.07 Å². The van der Waals surface area contributed by atoms with Gasteiger partial charge in [0, 0.05) is 9.38 Å². The van der Waals surface area contributed by atoms with Crippen molar-refractivity contribution in [3.63, 3.8) is 0 Å². The molecule has 0 unspecified atom stereocenters. The molecule has 0 heterocycles. The highest BCUT2D eigenvalue weighted by molar-refractivity contribution is 9.10. The van der Waals surface area contributed by atoms with Crippen LogP contribution in [0.15, 0.2) is 27.8 Å². The molecule has 0 fully saturated rings. The first-order valence-corrected chi connectivity index (χ1v) is 4.17. The summed E-state index contributed by atoms with van der Waals surface area (Å²) < 4.78 is 36.7. The van der Waals surface area contributed by atoms with E-state index < -0.39 is 11.7 Å². The zero-order valence-electron chi connectivity index (χ0n) is 6.59. The van der Waals surface area contributed by atoms with Crippen molar-refractivity contribution in [3.05, 3.63) is 38.7 Å². The lowest BCUT2D eigenvalue weighted by molar-refractivity contribution is -0.138. The first kappa shape index (κ1) is 10.9. The van der Waals surface area contributed by atoms with Crippen molar-refractivity contribution < 1.29 is 13.2 Å². The molecule has 1 rings (SSSR count). The Bertz CT molecular complexity index is 396. The number of halogens is 4. The average Bonchev–Trinajstić information content (AvgIpc) is 2.07. The zero-order chi connectivity index (χ0) is 10.8. The van der Waals surface area contributed by atoms with Gasteiger partial charge in [-0.05, 0) is 27.5 Å². The molecule has 0 saturated carbocycles. The molecule has 74 valence electrons. The van der Waals surface area contributed by atoms with Crippen LogP contribution in [0.1, 0.15) is 5.56 Å². The minimum Gasteiger partial charge on any atom is -0.166 e. The van der Waals surface area contributed by atoms with E-state index in [4.69, 9.17) is 5.53 Å². The Morgan fingerprint density at radius 1 is 1.36 bits per heavy atom. The minimum atomic E-state index is -4.46. The van der Waals surface area contributed by atoms with Gasteiger partial charge in [0.2, 0.25) is 0 Å². The van der Waals surface area contributed by atoms with E-state index in [1.54, 1.807) is 0 Å². The number of azide groups is 1. The van der Waals surface area contributed by atoms with Crippen molar-refractivity contribution >= 4 is 21.6 Å². The summed E-state index contributed by atoms with van der Waals surface area (Å²) in [5.74, 6) is 0. The molecule has 1 aromatic carbocycles. The number of rotatable bonds is 1. The molecule has 0 aliphatic rings. The molecule has 0 radical (unpaired) electrons. The van der Waals surface area contributed by atoms with Gasteiger partial charge in [-0.3, -0.25) is 0 Å². The van der Waals surface area contributed by atoms with Crippen LogP contribution in [0, 0.1) is 0 Å². The predicted molar refractivity (Wildman–Crippen MR) is 48.0 cm³/mol. The summed E-state index contributed by atoms with van der Waals surface area (Å²) >= 11 is 2.73. The highest BCUT2D eigenvalue weighted by Crippen LogP contribution is 2.39. The Labute approximate surface area is 85.3 Å². The number of nitrogens with zero attached hydrogens (tertiary/aromatic N) is 3. The van der Waals surface area contributed by atoms with Gasteiger partial charge >= 0.3 is 6.18 Å². The fraction of sp³-hybridized carbons (Fsp3) is 0.143. The lowest BCUT2D eigenvalue weighted by Gasteiger charge is -2.09. The third kappa shape index (κ3) is 2.18. The van der Waals surface area contributed by atoms with Crippen LogP contribution >= 0.6 is 15.9 Å². The molecular weight excluding hydrogens is 263 g/mol. The molecule has 0 N–H and O–H groups in total. The van der Waals surface area contributed by atoms with Crippen molar-refractivity contribution in [1.82, 2.24) is 0 Å². The molecule has 0 atom stereocenters. The van der Waals surface area contributed by atoms with Crippen LogP contribution in [0.3, 0.4) is 0 Å². The molecule has 0 aliphatic heterocycles. The summed E-state index contributed by atoms with van der Waals surface area (Å²) in [7, 11) is 0. The topological polar surface area (TPSA) is 48.8 Å². The number of hydrogen-bond acceptors (Lipinski definition) is 1. The lowest BCUT2D eigenvalue weighted by Crippen LogP contribution is -2.05. The van der Waals surface area contributed by atoms with Crippen LogP contribution < -0.4 is 0 Å². The van der Waals surface area contributed by atoms with Crippen LogP contribution in [-0.2, 0) is 6.18 Å². The summed E-state index contributed by atoms with van der Waals surface area (Å²) in [6.07, 6.45) is -4.46. The van der Waals surface area contributed by atoms with Crippen molar-refractivity contribution in [2.75, 3.05) is 0 Å². The van der Waals surface area contributed by atoms with E-state index >= 15 is 0 Å². The smallest absolute Gasteiger partial charge is 0.166 e. The van der Waals surface area contributed by atoms with Crippen molar-refractivity contribution in [2.24, 2.45) is 5.11 Å².